The summed E-state index contributed by atoms with van der Waals surface area (Å²) in [5.41, 5.74) is 1.44. The van der Waals surface area contributed by atoms with E-state index in [0.29, 0.717) is 62.9 Å². The molecular formula is C27H37N7O4. The normalized spacial score (nSPS) is 10.6. The Morgan fingerprint density at radius 1 is 0.789 bits per heavy atom. The van der Waals surface area contributed by atoms with Crippen LogP contribution in [-0.2, 0) is 9.47 Å². The van der Waals surface area contributed by atoms with Gasteiger partial charge in [0.25, 0.3) is 5.91 Å². The van der Waals surface area contributed by atoms with Gasteiger partial charge in [-0.2, -0.15) is 15.0 Å². The number of anilines is 4. The number of hydrogen-bond acceptors (Lipinski definition) is 10. The van der Waals surface area contributed by atoms with E-state index in [1.807, 2.05) is 42.5 Å². The van der Waals surface area contributed by atoms with E-state index in [9.17, 15) is 4.79 Å². The van der Waals surface area contributed by atoms with Gasteiger partial charge in [0.1, 0.15) is 5.75 Å². The fraction of sp³-hybridized carbons (Fsp3) is 0.407. The number of nitrogens with zero attached hydrogens (tertiary/aromatic N) is 3. The molecule has 1 heterocycles. The molecule has 3 aromatic rings. The number of unbranched alkanes of at least 4 members (excludes halogenated alkanes) is 1. The summed E-state index contributed by atoms with van der Waals surface area (Å²) in [6, 6.07) is 16.6. The third-order valence-corrected chi connectivity index (χ3v) is 5.24. The summed E-state index contributed by atoms with van der Waals surface area (Å²) in [6.45, 7) is 5.62. The minimum absolute atomic E-state index is 0.111. The highest BCUT2D eigenvalue weighted by Gasteiger charge is 2.08. The first-order valence-corrected chi connectivity index (χ1v) is 12.8. The predicted octanol–water partition coefficient (Wildman–Crippen LogP) is 3.71. The third-order valence-electron chi connectivity index (χ3n) is 5.24. The van der Waals surface area contributed by atoms with Gasteiger partial charge in [-0.1, -0.05) is 37.6 Å². The first kappa shape index (κ1) is 28.6. The number of carbonyl (C=O) groups is 1. The molecule has 0 fully saturated rings. The van der Waals surface area contributed by atoms with Crippen LogP contribution in [0, 0.1) is 0 Å². The molecule has 2 aromatic carbocycles. The zero-order valence-electron chi connectivity index (χ0n) is 22.0. The summed E-state index contributed by atoms with van der Waals surface area (Å²) in [5.74, 6) is 1.99. The number of nitrogens with one attached hydrogen (secondary N) is 4. The molecule has 1 amide bonds. The molecule has 0 aliphatic carbocycles. The molecule has 204 valence electrons. The first-order chi connectivity index (χ1) is 18.7. The van der Waals surface area contributed by atoms with Crippen LogP contribution in [0.1, 0.15) is 30.1 Å². The van der Waals surface area contributed by atoms with Crippen LogP contribution in [-0.4, -0.2) is 74.0 Å². The second-order valence-electron chi connectivity index (χ2n) is 8.22. The number of amides is 1. The zero-order chi connectivity index (χ0) is 26.8. The largest absolute Gasteiger partial charge is 0.497 e. The highest BCUT2D eigenvalue weighted by atomic mass is 16.5. The van der Waals surface area contributed by atoms with Crippen molar-refractivity contribution in [3.8, 4) is 5.75 Å². The number of carbonyl (C=O) groups excluding carboxylic acids is 1. The van der Waals surface area contributed by atoms with Crippen molar-refractivity contribution >= 4 is 29.4 Å². The molecule has 0 saturated heterocycles. The average Bonchev–Trinajstić information content (AvgIpc) is 2.94. The summed E-state index contributed by atoms with van der Waals surface area (Å²) in [5, 5.41) is 12.5. The SMILES string of the molecule is CCCCNc1nc(NCCOCCOCCNC(=O)c2ccccc2)nc(Nc2cccc(OC)c2)n1. The van der Waals surface area contributed by atoms with E-state index in [1.165, 1.54) is 0 Å². The lowest BCUT2D eigenvalue weighted by molar-refractivity contribution is 0.0519. The van der Waals surface area contributed by atoms with Crippen LogP contribution in [0.4, 0.5) is 23.5 Å². The van der Waals surface area contributed by atoms with Gasteiger partial charge in [0.2, 0.25) is 17.8 Å². The second-order valence-corrected chi connectivity index (χ2v) is 8.22. The van der Waals surface area contributed by atoms with Crippen LogP contribution in [0.5, 0.6) is 5.75 Å². The Hall–Kier alpha value is -3.96. The van der Waals surface area contributed by atoms with E-state index in [2.05, 4.69) is 43.1 Å². The lowest BCUT2D eigenvalue weighted by Crippen LogP contribution is -2.27. The Morgan fingerprint density at radius 3 is 2.18 bits per heavy atom. The predicted molar refractivity (Wildman–Crippen MR) is 148 cm³/mol. The smallest absolute Gasteiger partial charge is 0.251 e. The Balaban J connectivity index is 1.36. The van der Waals surface area contributed by atoms with Gasteiger partial charge in [-0.25, -0.2) is 0 Å². The topological polar surface area (TPSA) is 132 Å². The highest BCUT2D eigenvalue weighted by molar-refractivity contribution is 5.94. The quantitative estimate of drug-likeness (QED) is 0.183. The monoisotopic (exact) mass is 523 g/mol. The van der Waals surface area contributed by atoms with Gasteiger partial charge in [-0.3, -0.25) is 4.79 Å². The third kappa shape index (κ3) is 10.6. The van der Waals surface area contributed by atoms with Crippen molar-refractivity contribution in [1.82, 2.24) is 20.3 Å². The molecule has 38 heavy (non-hydrogen) atoms. The molecule has 0 bridgehead atoms. The van der Waals surface area contributed by atoms with Gasteiger partial charge in [-0.05, 0) is 30.7 Å². The van der Waals surface area contributed by atoms with Gasteiger partial charge >= 0.3 is 0 Å². The summed E-state index contributed by atoms with van der Waals surface area (Å²) in [4.78, 5) is 25.4. The number of hydrogen-bond donors (Lipinski definition) is 4. The van der Waals surface area contributed by atoms with Crippen molar-refractivity contribution < 1.29 is 19.0 Å². The Labute approximate surface area is 223 Å². The van der Waals surface area contributed by atoms with Crippen molar-refractivity contribution in [1.29, 1.82) is 0 Å². The molecule has 0 atom stereocenters. The zero-order valence-corrected chi connectivity index (χ0v) is 22.0. The van der Waals surface area contributed by atoms with Crippen LogP contribution in [0.3, 0.4) is 0 Å². The average molecular weight is 524 g/mol. The van der Waals surface area contributed by atoms with Crippen molar-refractivity contribution in [3.63, 3.8) is 0 Å². The molecule has 0 aliphatic rings. The van der Waals surface area contributed by atoms with Crippen molar-refractivity contribution in [2.24, 2.45) is 0 Å². The van der Waals surface area contributed by atoms with Gasteiger partial charge in [-0.15, -0.1) is 0 Å². The summed E-state index contributed by atoms with van der Waals surface area (Å²) in [6.07, 6.45) is 2.09. The van der Waals surface area contributed by atoms with Crippen molar-refractivity contribution in [3.05, 3.63) is 60.2 Å². The van der Waals surface area contributed by atoms with E-state index >= 15 is 0 Å². The van der Waals surface area contributed by atoms with Gasteiger partial charge in [0.05, 0.1) is 33.5 Å². The van der Waals surface area contributed by atoms with E-state index in [4.69, 9.17) is 14.2 Å². The van der Waals surface area contributed by atoms with E-state index < -0.39 is 0 Å². The molecule has 1 aromatic heterocycles. The minimum atomic E-state index is -0.111. The summed E-state index contributed by atoms with van der Waals surface area (Å²) >= 11 is 0. The molecule has 0 unspecified atom stereocenters. The van der Waals surface area contributed by atoms with E-state index in [0.717, 1.165) is 30.8 Å². The molecule has 3 rings (SSSR count). The fourth-order valence-corrected chi connectivity index (χ4v) is 3.28. The standard InChI is InChI=1S/C27H37N7O4/c1-3-4-13-29-25-32-26(34-27(33-25)31-22-11-8-12-23(20-22)36-2)30-15-17-38-19-18-37-16-14-28-24(35)21-9-6-5-7-10-21/h5-12,20H,3-4,13-19H2,1-2H3,(H,28,35)(H3,29,30,31,32,33,34). The van der Waals surface area contributed by atoms with Gasteiger partial charge in [0, 0.05) is 37.0 Å². The lowest BCUT2D eigenvalue weighted by atomic mass is 10.2. The number of aromatic nitrogens is 3. The molecule has 0 radical (unpaired) electrons. The molecule has 4 N–H and O–H groups in total. The summed E-state index contributed by atoms with van der Waals surface area (Å²) < 4.78 is 16.4. The molecule has 11 nitrogen and oxygen atoms in total. The molecule has 0 saturated carbocycles. The molecule has 0 spiro atoms. The van der Waals surface area contributed by atoms with Gasteiger partial charge < -0.3 is 35.5 Å². The maximum absolute atomic E-state index is 12.0. The van der Waals surface area contributed by atoms with Crippen LogP contribution in [0.25, 0.3) is 0 Å². The van der Waals surface area contributed by atoms with Crippen molar-refractivity contribution in [2.45, 2.75) is 19.8 Å². The van der Waals surface area contributed by atoms with Crippen LogP contribution in [0.2, 0.25) is 0 Å². The Morgan fingerprint density at radius 2 is 1.47 bits per heavy atom. The van der Waals surface area contributed by atoms with Gasteiger partial charge in [0.15, 0.2) is 0 Å². The maximum atomic E-state index is 12.0. The number of ether oxygens (including phenoxy) is 3. The number of benzene rings is 2. The minimum Gasteiger partial charge on any atom is -0.497 e. The lowest BCUT2D eigenvalue weighted by Gasteiger charge is -2.12. The highest BCUT2D eigenvalue weighted by Crippen LogP contribution is 2.20. The number of methoxy groups -OCH3 is 1. The first-order valence-electron chi connectivity index (χ1n) is 12.8. The molecule has 0 aliphatic heterocycles. The number of rotatable bonds is 18. The Bertz CT molecular complexity index is 1100. The molecular weight excluding hydrogens is 486 g/mol. The van der Waals surface area contributed by atoms with E-state index in [-0.39, 0.29) is 5.91 Å². The maximum Gasteiger partial charge on any atom is 0.251 e. The summed E-state index contributed by atoms with van der Waals surface area (Å²) in [7, 11) is 1.63. The second kappa shape index (κ2) is 16.7. The van der Waals surface area contributed by atoms with Crippen LogP contribution in [0.15, 0.2) is 54.6 Å². The van der Waals surface area contributed by atoms with Crippen LogP contribution >= 0.6 is 0 Å². The van der Waals surface area contributed by atoms with Crippen molar-refractivity contribution in [2.75, 3.05) is 69.1 Å². The van der Waals surface area contributed by atoms with E-state index in [1.54, 1.807) is 19.2 Å². The Kier molecular flexibility index (Phi) is 12.6. The molecule has 11 heteroatoms. The van der Waals surface area contributed by atoms with Crippen LogP contribution < -0.4 is 26.0 Å². The fourth-order valence-electron chi connectivity index (χ4n) is 3.28.